The molecule has 0 spiro atoms. The number of hydrogen-bond acceptors (Lipinski definition) is 4. The van der Waals surface area contributed by atoms with Gasteiger partial charge in [-0.25, -0.2) is 12.8 Å². The first-order valence-corrected chi connectivity index (χ1v) is 11.7. The van der Waals surface area contributed by atoms with Gasteiger partial charge in [0.15, 0.2) is 0 Å². The van der Waals surface area contributed by atoms with Crippen molar-refractivity contribution in [3.63, 3.8) is 0 Å². The van der Waals surface area contributed by atoms with E-state index in [1.807, 2.05) is 18.7 Å². The molecule has 3 aromatic rings. The van der Waals surface area contributed by atoms with Crippen molar-refractivity contribution in [3.8, 4) is 0 Å². The van der Waals surface area contributed by atoms with Gasteiger partial charge in [0.2, 0.25) is 15.3 Å². The zero-order valence-electron chi connectivity index (χ0n) is 17.2. The van der Waals surface area contributed by atoms with Crippen LogP contribution in [0.4, 0.5) is 10.1 Å². The monoisotopic (exact) mass is 428 g/mol. The molecule has 2 aromatic carbocycles. The number of benzene rings is 2. The summed E-state index contributed by atoms with van der Waals surface area (Å²) in [5.74, 6) is -0.492. The fraction of sp³-hybridized carbons (Fsp3) is 0.348. The summed E-state index contributed by atoms with van der Waals surface area (Å²) in [6, 6.07) is 9.24. The van der Waals surface area contributed by atoms with Crippen molar-refractivity contribution in [2.45, 2.75) is 49.4 Å². The second-order valence-corrected chi connectivity index (χ2v) is 9.71. The Morgan fingerprint density at radius 1 is 1.03 bits per heavy atom. The van der Waals surface area contributed by atoms with Crippen molar-refractivity contribution in [2.24, 2.45) is 0 Å². The fourth-order valence-electron chi connectivity index (χ4n) is 4.05. The molecule has 0 atom stereocenters. The zero-order valence-corrected chi connectivity index (χ0v) is 18.0. The maximum absolute atomic E-state index is 15.0. The van der Waals surface area contributed by atoms with Crippen LogP contribution in [0.2, 0.25) is 0 Å². The van der Waals surface area contributed by atoms with Gasteiger partial charge >= 0.3 is 0 Å². The van der Waals surface area contributed by atoms with Crippen LogP contribution in [0.5, 0.6) is 0 Å². The van der Waals surface area contributed by atoms with Crippen LogP contribution < -0.4 is 10.3 Å². The Bertz CT molecular complexity index is 1260. The molecule has 0 saturated carbocycles. The topological polar surface area (TPSA) is 59.4 Å². The predicted molar refractivity (Wildman–Crippen MR) is 117 cm³/mol. The molecule has 1 aliphatic rings. The van der Waals surface area contributed by atoms with Gasteiger partial charge in [0.05, 0.1) is 21.5 Å². The van der Waals surface area contributed by atoms with Crippen LogP contribution in [0, 0.1) is 12.7 Å². The highest BCUT2D eigenvalue weighted by Crippen LogP contribution is 2.29. The molecule has 0 radical (unpaired) electrons. The molecule has 1 aliphatic heterocycles. The van der Waals surface area contributed by atoms with Gasteiger partial charge in [0.1, 0.15) is 10.7 Å². The molecule has 0 bridgehead atoms. The van der Waals surface area contributed by atoms with Gasteiger partial charge < -0.3 is 9.47 Å². The molecular formula is C23H25FN2O3S. The molecule has 1 aromatic heterocycles. The summed E-state index contributed by atoms with van der Waals surface area (Å²) in [6.07, 6.45) is 4.53. The van der Waals surface area contributed by atoms with Crippen molar-refractivity contribution in [1.29, 1.82) is 0 Å². The van der Waals surface area contributed by atoms with E-state index in [4.69, 9.17) is 0 Å². The number of rotatable bonds is 4. The predicted octanol–water partition coefficient (Wildman–Crippen LogP) is 4.29. The van der Waals surface area contributed by atoms with Gasteiger partial charge in [-0.05, 0) is 57.4 Å². The summed E-state index contributed by atoms with van der Waals surface area (Å²) in [4.78, 5) is 14.9. The number of piperidine rings is 1. The van der Waals surface area contributed by atoms with Crippen molar-refractivity contribution >= 4 is 26.4 Å². The summed E-state index contributed by atoms with van der Waals surface area (Å²) in [6.45, 7) is 5.74. The molecule has 0 aliphatic carbocycles. The highest BCUT2D eigenvalue weighted by molar-refractivity contribution is 7.91. The first-order valence-electron chi connectivity index (χ1n) is 10.3. The van der Waals surface area contributed by atoms with Crippen LogP contribution >= 0.6 is 0 Å². The summed E-state index contributed by atoms with van der Waals surface area (Å²) < 4.78 is 43.0. The van der Waals surface area contributed by atoms with E-state index in [1.165, 1.54) is 24.4 Å². The van der Waals surface area contributed by atoms with Gasteiger partial charge in [-0.15, -0.1) is 0 Å². The lowest BCUT2D eigenvalue weighted by Gasteiger charge is -2.29. The molecule has 158 valence electrons. The molecule has 30 heavy (non-hydrogen) atoms. The van der Waals surface area contributed by atoms with Crippen molar-refractivity contribution in [3.05, 3.63) is 64.2 Å². The second-order valence-electron chi connectivity index (χ2n) is 7.79. The minimum Gasteiger partial charge on any atom is -0.369 e. The summed E-state index contributed by atoms with van der Waals surface area (Å²) in [7, 11) is -4.02. The van der Waals surface area contributed by atoms with Gasteiger partial charge in [-0.2, -0.15) is 0 Å². The third kappa shape index (κ3) is 3.51. The van der Waals surface area contributed by atoms with E-state index >= 15 is 0 Å². The van der Waals surface area contributed by atoms with E-state index in [1.54, 1.807) is 22.8 Å². The minimum atomic E-state index is -4.02. The number of nitrogens with zero attached hydrogens (tertiary/aromatic N) is 2. The Morgan fingerprint density at radius 2 is 1.70 bits per heavy atom. The van der Waals surface area contributed by atoms with Crippen molar-refractivity contribution in [2.75, 3.05) is 18.0 Å². The Morgan fingerprint density at radius 3 is 2.33 bits per heavy atom. The molecule has 1 fully saturated rings. The lowest BCUT2D eigenvalue weighted by molar-refractivity contribution is 0.557. The standard InChI is InChI=1S/C23H25FN2O3S/c1-3-25-15-22(30(28,29)17-9-7-16(2)8-10-17)23(27)18-13-19(24)21(14-20(18)25)26-11-5-4-6-12-26/h7-10,13-15H,3-6,11-12H2,1-2H3. The normalized spacial score (nSPS) is 15.0. The minimum absolute atomic E-state index is 0.0533. The number of aromatic nitrogens is 1. The average Bonchev–Trinajstić information content (AvgIpc) is 2.75. The first kappa shape index (κ1) is 20.6. The number of anilines is 1. The SMILES string of the molecule is CCn1cc(S(=O)(=O)c2ccc(C)cc2)c(=O)c2cc(F)c(N3CCCCC3)cc21. The molecular weight excluding hydrogens is 403 g/mol. The Hall–Kier alpha value is -2.67. The number of pyridine rings is 1. The number of hydrogen-bond donors (Lipinski definition) is 0. The van der Waals surface area contributed by atoms with Crippen LogP contribution in [0.3, 0.4) is 0 Å². The maximum Gasteiger partial charge on any atom is 0.211 e. The van der Waals surface area contributed by atoms with E-state index in [9.17, 15) is 17.6 Å². The maximum atomic E-state index is 15.0. The quantitative estimate of drug-likeness (QED) is 0.622. The van der Waals surface area contributed by atoms with E-state index in [0.717, 1.165) is 37.9 Å². The van der Waals surface area contributed by atoms with Gasteiger partial charge in [-0.1, -0.05) is 17.7 Å². The third-order valence-corrected chi connectivity index (χ3v) is 7.54. The molecule has 4 rings (SSSR count). The van der Waals surface area contributed by atoms with Crippen LogP contribution in [0.1, 0.15) is 31.7 Å². The molecule has 7 heteroatoms. The van der Waals surface area contributed by atoms with Crippen LogP contribution in [-0.4, -0.2) is 26.1 Å². The van der Waals surface area contributed by atoms with E-state index < -0.39 is 21.1 Å². The first-order chi connectivity index (χ1) is 14.3. The number of sulfone groups is 1. The molecule has 1 saturated heterocycles. The van der Waals surface area contributed by atoms with Crippen molar-refractivity contribution < 1.29 is 12.8 Å². The number of fused-ring (bicyclic) bond motifs is 1. The third-order valence-electron chi connectivity index (χ3n) is 5.77. The van der Waals surface area contributed by atoms with Gasteiger partial charge in [-0.3, -0.25) is 4.79 Å². The highest BCUT2D eigenvalue weighted by Gasteiger charge is 2.25. The lowest BCUT2D eigenvalue weighted by Crippen LogP contribution is -2.30. The molecule has 0 N–H and O–H groups in total. The zero-order chi connectivity index (χ0) is 21.5. The van der Waals surface area contributed by atoms with Crippen LogP contribution in [0.15, 0.2) is 57.2 Å². The van der Waals surface area contributed by atoms with Gasteiger partial charge in [0.25, 0.3) is 0 Å². The smallest absolute Gasteiger partial charge is 0.211 e. The number of aryl methyl sites for hydroxylation is 2. The number of halogens is 1. The van der Waals surface area contributed by atoms with Crippen molar-refractivity contribution in [1.82, 2.24) is 4.57 Å². The molecule has 5 nitrogen and oxygen atoms in total. The second kappa shape index (κ2) is 7.87. The lowest BCUT2D eigenvalue weighted by atomic mass is 10.1. The largest absolute Gasteiger partial charge is 0.369 e. The average molecular weight is 429 g/mol. The summed E-state index contributed by atoms with van der Waals surface area (Å²) >= 11 is 0. The molecule has 2 heterocycles. The summed E-state index contributed by atoms with van der Waals surface area (Å²) in [5.41, 5.74) is 1.27. The fourth-order valence-corrected chi connectivity index (χ4v) is 5.42. The Kier molecular flexibility index (Phi) is 5.40. The Balaban J connectivity index is 1.92. The van der Waals surface area contributed by atoms with Crippen LogP contribution in [0.25, 0.3) is 10.9 Å². The molecule has 0 amide bonds. The van der Waals surface area contributed by atoms with Gasteiger partial charge in [0, 0.05) is 25.8 Å². The Labute approximate surface area is 175 Å². The van der Waals surface area contributed by atoms with E-state index in [2.05, 4.69) is 0 Å². The van der Waals surface area contributed by atoms with E-state index in [-0.39, 0.29) is 15.2 Å². The highest BCUT2D eigenvalue weighted by atomic mass is 32.2. The van der Waals surface area contributed by atoms with E-state index in [0.29, 0.717) is 17.7 Å². The van der Waals surface area contributed by atoms with Crippen LogP contribution in [-0.2, 0) is 16.4 Å². The molecule has 0 unspecified atom stereocenters. The summed E-state index contributed by atoms with van der Waals surface area (Å²) in [5, 5.41) is 0.0864.